The zero-order valence-corrected chi connectivity index (χ0v) is 22.1. The van der Waals surface area contributed by atoms with Crippen molar-refractivity contribution < 1.29 is 27.2 Å². The van der Waals surface area contributed by atoms with Crippen LogP contribution in [0.4, 0.5) is 23.2 Å². The first-order valence-corrected chi connectivity index (χ1v) is 12.4. The molecular weight excluding hydrogens is 582 g/mol. The van der Waals surface area contributed by atoms with Crippen LogP contribution in [0.5, 0.6) is 0 Å². The number of nitrogens with zero attached hydrogens (tertiary/aromatic N) is 5. The number of thiophene rings is 1. The van der Waals surface area contributed by atoms with Crippen LogP contribution < -0.4 is 11.1 Å². The Morgan fingerprint density at radius 2 is 1.86 bits per heavy atom. The summed E-state index contributed by atoms with van der Waals surface area (Å²) < 4.78 is 56.6. The lowest BCUT2D eigenvalue weighted by Crippen LogP contribution is -2.22. The number of fused-ring (bicyclic) bond motifs is 1. The van der Waals surface area contributed by atoms with Crippen LogP contribution in [0.15, 0.2) is 16.7 Å². The number of rotatable bonds is 8. The summed E-state index contributed by atoms with van der Waals surface area (Å²) in [5, 5.41) is 11.0. The first kappa shape index (κ1) is 26.7. The Labute approximate surface area is 219 Å². The quantitative estimate of drug-likeness (QED) is 0.263. The average Bonchev–Trinajstić information content (AvgIpc) is 3.48. The molecule has 0 bridgehead atoms. The van der Waals surface area contributed by atoms with Gasteiger partial charge in [0.1, 0.15) is 27.6 Å². The standard InChI is InChI=1S/C22H20BrF4N7O2S/c1-4-33-6-11(8(2)31-33)10-5-12(19(24)25)29-22-14(10)16(18(37-22)21(28)36)30-13(35)7-34-9(3)15(23)17(32-34)20(26)27/h5-6,19-20H,4,7H2,1-3H3,(H2,28,36)(H,30,35). The number of hydrogen-bond acceptors (Lipinski definition) is 6. The van der Waals surface area contributed by atoms with Crippen molar-refractivity contribution in [2.45, 2.75) is 46.7 Å². The molecular formula is C22H20BrF4N7O2S. The van der Waals surface area contributed by atoms with E-state index in [-0.39, 0.29) is 30.8 Å². The van der Waals surface area contributed by atoms with Crippen molar-refractivity contribution in [1.29, 1.82) is 0 Å². The van der Waals surface area contributed by atoms with Crippen molar-refractivity contribution in [3.05, 3.63) is 44.4 Å². The number of amides is 2. The predicted octanol–water partition coefficient (Wildman–Crippen LogP) is 5.37. The number of pyridine rings is 1. The lowest BCUT2D eigenvalue weighted by atomic mass is 10.0. The third-order valence-electron chi connectivity index (χ3n) is 5.61. The minimum atomic E-state index is -2.90. The van der Waals surface area contributed by atoms with Crippen LogP contribution in [0.25, 0.3) is 21.3 Å². The number of nitrogens with two attached hydrogens (primary N) is 1. The molecule has 4 heterocycles. The molecule has 4 aromatic heterocycles. The van der Waals surface area contributed by atoms with Gasteiger partial charge in [-0.2, -0.15) is 10.2 Å². The van der Waals surface area contributed by atoms with Gasteiger partial charge in [-0.25, -0.2) is 22.5 Å². The van der Waals surface area contributed by atoms with Crippen LogP contribution in [-0.2, 0) is 17.9 Å². The maximum atomic E-state index is 13.7. The van der Waals surface area contributed by atoms with Crippen molar-refractivity contribution in [3.8, 4) is 11.1 Å². The van der Waals surface area contributed by atoms with Crippen LogP contribution in [0.2, 0.25) is 0 Å². The van der Waals surface area contributed by atoms with Gasteiger partial charge in [0.05, 0.1) is 21.5 Å². The minimum absolute atomic E-state index is 0.0116. The van der Waals surface area contributed by atoms with Crippen molar-refractivity contribution in [2.24, 2.45) is 5.73 Å². The lowest BCUT2D eigenvalue weighted by molar-refractivity contribution is -0.116. The van der Waals surface area contributed by atoms with Gasteiger partial charge < -0.3 is 11.1 Å². The van der Waals surface area contributed by atoms with Gasteiger partial charge in [0, 0.05) is 23.7 Å². The first-order chi connectivity index (χ1) is 17.4. The Hall–Kier alpha value is -3.33. The van der Waals surface area contributed by atoms with Gasteiger partial charge in [-0.15, -0.1) is 11.3 Å². The molecule has 4 aromatic rings. The molecule has 0 radical (unpaired) electrons. The van der Waals surface area contributed by atoms with E-state index < -0.39 is 42.6 Å². The molecule has 0 saturated heterocycles. The fraction of sp³-hybridized carbons (Fsp3) is 0.318. The molecule has 0 fully saturated rings. The molecule has 0 unspecified atom stereocenters. The maximum Gasteiger partial charge on any atom is 0.283 e. The molecule has 196 valence electrons. The van der Waals surface area contributed by atoms with E-state index in [4.69, 9.17) is 5.73 Å². The van der Waals surface area contributed by atoms with Crippen molar-refractivity contribution in [2.75, 3.05) is 5.32 Å². The number of nitrogens with one attached hydrogen (secondary N) is 1. The average molecular weight is 602 g/mol. The third-order valence-corrected chi connectivity index (χ3v) is 7.69. The summed E-state index contributed by atoms with van der Waals surface area (Å²) in [4.78, 5) is 29.2. The lowest BCUT2D eigenvalue weighted by Gasteiger charge is -2.11. The molecule has 0 aliphatic rings. The zero-order valence-electron chi connectivity index (χ0n) is 19.7. The molecule has 4 rings (SSSR count). The van der Waals surface area contributed by atoms with Gasteiger partial charge in [0.2, 0.25) is 5.91 Å². The van der Waals surface area contributed by atoms with Gasteiger partial charge >= 0.3 is 0 Å². The number of carbonyl (C=O) groups is 2. The molecule has 15 heteroatoms. The summed E-state index contributed by atoms with van der Waals surface area (Å²) in [6.07, 6.45) is -4.08. The Bertz CT molecular complexity index is 1530. The topological polar surface area (TPSA) is 121 Å². The van der Waals surface area contributed by atoms with Gasteiger partial charge in [0.25, 0.3) is 18.8 Å². The summed E-state index contributed by atoms with van der Waals surface area (Å²) in [6, 6.07) is 1.19. The molecule has 0 aliphatic heterocycles. The molecule has 0 spiro atoms. The second kappa shape index (κ2) is 10.2. The van der Waals surface area contributed by atoms with E-state index in [0.717, 1.165) is 16.0 Å². The molecule has 0 aromatic carbocycles. The smallest absolute Gasteiger partial charge is 0.283 e. The van der Waals surface area contributed by atoms with E-state index >= 15 is 0 Å². The van der Waals surface area contributed by atoms with Gasteiger partial charge in [-0.05, 0) is 48.3 Å². The van der Waals surface area contributed by atoms with Crippen molar-refractivity contribution in [3.63, 3.8) is 0 Å². The number of carbonyl (C=O) groups excluding carboxylic acids is 2. The number of anilines is 1. The molecule has 37 heavy (non-hydrogen) atoms. The Morgan fingerprint density at radius 3 is 2.41 bits per heavy atom. The van der Waals surface area contributed by atoms with Gasteiger partial charge in [-0.3, -0.25) is 19.0 Å². The fourth-order valence-corrected chi connectivity index (χ4v) is 5.31. The van der Waals surface area contributed by atoms with E-state index in [0.29, 0.717) is 23.5 Å². The molecule has 0 atom stereocenters. The highest BCUT2D eigenvalue weighted by Crippen LogP contribution is 2.43. The number of alkyl halides is 4. The molecule has 0 saturated carbocycles. The van der Waals surface area contributed by atoms with E-state index in [1.54, 1.807) is 17.8 Å². The number of aromatic nitrogens is 5. The number of hydrogen-bond donors (Lipinski definition) is 2. The summed E-state index contributed by atoms with van der Waals surface area (Å²) >= 11 is 3.81. The van der Waals surface area contributed by atoms with Crippen LogP contribution in [-0.4, -0.2) is 36.4 Å². The van der Waals surface area contributed by atoms with E-state index in [1.807, 2.05) is 6.92 Å². The van der Waals surface area contributed by atoms with Crippen LogP contribution >= 0.6 is 27.3 Å². The highest BCUT2D eigenvalue weighted by molar-refractivity contribution is 9.10. The highest BCUT2D eigenvalue weighted by atomic mass is 79.9. The van der Waals surface area contributed by atoms with Crippen molar-refractivity contribution in [1.82, 2.24) is 24.5 Å². The summed E-state index contributed by atoms with van der Waals surface area (Å²) in [5.41, 5.74) is 6.13. The second-order valence-corrected chi connectivity index (χ2v) is 9.81. The van der Waals surface area contributed by atoms with E-state index in [2.05, 4.69) is 36.4 Å². The SMILES string of the molecule is CCn1cc(-c2cc(C(F)F)nc3sc(C(N)=O)c(NC(=O)Cn4nc(C(F)F)c(Br)c4C)c23)c(C)n1. The number of aryl methyl sites for hydroxylation is 2. The highest BCUT2D eigenvalue weighted by Gasteiger charge is 2.27. The van der Waals surface area contributed by atoms with Gasteiger partial charge in [-0.1, -0.05) is 0 Å². The predicted molar refractivity (Wildman–Crippen MR) is 133 cm³/mol. The second-order valence-electron chi connectivity index (χ2n) is 8.02. The zero-order chi connectivity index (χ0) is 27.2. The first-order valence-electron chi connectivity index (χ1n) is 10.8. The Kier molecular flexibility index (Phi) is 7.37. The van der Waals surface area contributed by atoms with Crippen LogP contribution in [0.1, 0.15) is 52.2 Å². The van der Waals surface area contributed by atoms with Crippen LogP contribution in [0.3, 0.4) is 0 Å². The van der Waals surface area contributed by atoms with Gasteiger partial charge in [0.15, 0.2) is 0 Å². The Balaban J connectivity index is 1.86. The largest absolute Gasteiger partial charge is 0.365 e. The normalized spacial score (nSPS) is 11.7. The number of halogens is 5. The minimum Gasteiger partial charge on any atom is -0.365 e. The van der Waals surface area contributed by atoms with E-state index in [9.17, 15) is 27.2 Å². The monoisotopic (exact) mass is 601 g/mol. The maximum absolute atomic E-state index is 13.7. The summed E-state index contributed by atoms with van der Waals surface area (Å²) in [7, 11) is 0. The fourth-order valence-electron chi connectivity index (χ4n) is 3.83. The molecule has 9 nitrogen and oxygen atoms in total. The Morgan fingerprint density at radius 1 is 1.16 bits per heavy atom. The van der Waals surface area contributed by atoms with Crippen molar-refractivity contribution >= 4 is 55.0 Å². The molecule has 3 N–H and O–H groups in total. The van der Waals surface area contributed by atoms with Crippen LogP contribution in [0, 0.1) is 13.8 Å². The summed E-state index contributed by atoms with van der Waals surface area (Å²) in [5.74, 6) is -1.60. The molecule has 0 aliphatic carbocycles. The summed E-state index contributed by atoms with van der Waals surface area (Å²) in [6.45, 7) is 5.13. The van der Waals surface area contributed by atoms with E-state index in [1.165, 1.54) is 13.0 Å². The third kappa shape index (κ3) is 4.97. The molecule has 2 amide bonds. The number of primary amides is 1.